The van der Waals surface area contributed by atoms with E-state index in [4.69, 9.17) is 4.74 Å². The number of nitrogens with zero attached hydrogens (tertiary/aromatic N) is 2. The van der Waals surface area contributed by atoms with Gasteiger partial charge in [-0.3, -0.25) is 9.59 Å². The van der Waals surface area contributed by atoms with Crippen LogP contribution < -0.4 is 10.1 Å². The molecule has 0 aromatic heterocycles. The largest absolute Gasteiger partial charge is 0.483 e. The molecule has 9 heteroatoms. The summed E-state index contributed by atoms with van der Waals surface area (Å²) in [6.07, 6.45) is 3.49. The van der Waals surface area contributed by atoms with Crippen molar-refractivity contribution in [2.75, 3.05) is 31.9 Å². The number of carbonyl (C=O) groups excluding carboxylic acids is 2. The van der Waals surface area contributed by atoms with Gasteiger partial charge in [0.05, 0.1) is 18.8 Å². The minimum Gasteiger partial charge on any atom is -0.483 e. The van der Waals surface area contributed by atoms with E-state index >= 15 is 0 Å². The van der Waals surface area contributed by atoms with Crippen molar-refractivity contribution in [3.63, 3.8) is 0 Å². The smallest absolute Gasteiger partial charge is 0.223 e. The molecule has 0 saturated carbocycles. The molecular weight excluding hydrogens is 418 g/mol. The molecule has 2 unspecified atom stereocenters. The minimum absolute atomic E-state index is 0.00640. The maximum atomic E-state index is 12.9. The molecule has 3 heterocycles. The van der Waals surface area contributed by atoms with Crippen molar-refractivity contribution in [1.29, 1.82) is 0 Å². The number of sulfone groups is 1. The predicted molar refractivity (Wildman–Crippen MR) is 116 cm³/mol. The van der Waals surface area contributed by atoms with Gasteiger partial charge in [0.25, 0.3) is 0 Å². The predicted octanol–water partition coefficient (Wildman–Crippen LogP) is 1.08. The van der Waals surface area contributed by atoms with Crippen molar-refractivity contribution in [3.8, 4) is 5.75 Å². The number of hydrogen-bond acceptors (Lipinski definition) is 6. The number of para-hydroxylation sites is 1. The maximum Gasteiger partial charge on any atom is 0.223 e. The Hall–Kier alpha value is -2.39. The van der Waals surface area contributed by atoms with Crippen LogP contribution in [0.1, 0.15) is 31.7 Å². The van der Waals surface area contributed by atoms with Gasteiger partial charge in [0.1, 0.15) is 11.4 Å². The lowest BCUT2D eigenvalue weighted by Gasteiger charge is -2.43. The number of amides is 2. The normalized spacial score (nSPS) is 26.9. The minimum atomic E-state index is -3.11. The molecule has 4 rings (SSSR count). The first-order chi connectivity index (χ1) is 14.8. The molecule has 1 N–H and O–H groups in total. The summed E-state index contributed by atoms with van der Waals surface area (Å²) in [4.78, 5) is 28.8. The topological polar surface area (TPSA) is 96.0 Å². The fraction of sp³-hybridized carbons (Fsp3) is 0.545. The number of nitrogens with one attached hydrogen (secondary N) is 1. The van der Waals surface area contributed by atoms with Gasteiger partial charge in [-0.05, 0) is 18.9 Å². The second-order valence-electron chi connectivity index (χ2n) is 8.66. The van der Waals surface area contributed by atoms with Crippen LogP contribution in [0.5, 0.6) is 5.75 Å². The third-order valence-electron chi connectivity index (χ3n) is 6.15. The molecule has 0 bridgehead atoms. The third kappa shape index (κ3) is 5.10. The second-order valence-corrected chi connectivity index (χ2v) is 10.6. The number of ether oxygens (including phenoxy) is 1. The van der Waals surface area contributed by atoms with Crippen LogP contribution in [0.25, 0.3) is 0 Å². The van der Waals surface area contributed by atoms with E-state index in [0.29, 0.717) is 32.7 Å². The van der Waals surface area contributed by atoms with E-state index in [1.165, 1.54) is 5.41 Å². The first-order valence-electron chi connectivity index (χ1n) is 10.7. The summed E-state index contributed by atoms with van der Waals surface area (Å²) in [5, 5.41) is 4.35. The van der Waals surface area contributed by atoms with Crippen molar-refractivity contribution >= 4 is 21.7 Å². The van der Waals surface area contributed by atoms with Crippen molar-refractivity contribution < 1.29 is 22.7 Å². The van der Waals surface area contributed by atoms with Gasteiger partial charge in [0.15, 0.2) is 9.84 Å². The Balaban J connectivity index is 1.41. The molecule has 31 heavy (non-hydrogen) atoms. The van der Waals surface area contributed by atoms with Crippen LogP contribution in [0.3, 0.4) is 0 Å². The van der Waals surface area contributed by atoms with Crippen LogP contribution in [0.2, 0.25) is 0 Å². The molecule has 0 aliphatic carbocycles. The van der Waals surface area contributed by atoms with Crippen molar-refractivity contribution in [2.45, 2.75) is 44.4 Å². The molecule has 1 aromatic rings. The average molecular weight is 448 g/mol. The maximum absolute atomic E-state index is 12.9. The zero-order valence-electron chi connectivity index (χ0n) is 17.7. The Labute approximate surface area is 183 Å². The monoisotopic (exact) mass is 447 g/mol. The van der Waals surface area contributed by atoms with Gasteiger partial charge in [-0.1, -0.05) is 24.3 Å². The molecule has 1 fully saturated rings. The standard InChI is InChI=1S/C22H29N3O5S/c1-17(26)25-13-18-5-2-3-6-20(18)30-22(16-25)9-4-11-24(15-22)21(27)7-10-23-19-8-12-31(28,29)14-19/h2-3,5-6,8,12,19,23H,4,7,9-11,13-16H2,1H3. The third-order valence-corrected chi connectivity index (χ3v) is 7.55. The van der Waals surface area contributed by atoms with E-state index in [0.717, 1.165) is 24.2 Å². The summed E-state index contributed by atoms with van der Waals surface area (Å²) < 4.78 is 29.5. The Kier molecular flexibility index (Phi) is 6.07. The lowest BCUT2D eigenvalue weighted by molar-refractivity contribution is -0.139. The lowest BCUT2D eigenvalue weighted by Crippen LogP contribution is -2.58. The van der Waals surface area contributed by atoms with Crippen LogP contribution in [0, 0.1) is 0 Å². The van der Waals surface area contributed by atoms with Crippen molar-refractivity contribution in [2.24, 2.45) is 0 Å². The zero-order chi connectivity index (χ0) is 22.1. The molecule has 2 amide bonds. The molecule has 2 atom stereocenters. The molecule has 3 aliphatic heterocycles. The number of piperidine rings is 1. The summed E-state index contributed by atoms with van der Waals surface area (Å²) in [5.74, 6) is 0.817. The summed E-state index contributed by atoms with van der Waals surface area (Å²) >= 11 is 0. The van der Waals surface area contributed by atoms with Crippen LogP contribution in [0.15, 0.2) is 35.7 Å². The molecule has 168 valence electrons. The Morgan fingerprint density at radius 2 is 2.00 bits per heavy atom. The van der Waals surface area contributed by atoms with E-state index in [1.807, 2.05) is 29.2 Å². The van der Waals surface area contributed by atoms with Gasteiger partial charge in [-0.2, -0.15) is 0 Å². The van der Waals surface area contributed by atoms with Gasteiger partial charge < -0.3 is 19.9 Å². The molecule has 1 aromatic carbocycles. The summed E-state index contributed by atoms with van der Waals surface area (Å²) in [6.45, 7) is 4.02. The lowest BCUT2D eigenvalue weighted by atomic mass is 9.91. The highest BCUT2D eigenvalue weighted by atomic mass is 32.2. The Morgan fingerprint density at radius 1 is 1.23 bits per heavy atom. The van der Waals surface area contributed by atoms with E-state index in [-0.39, 0.29) is 30.0 Å². The Bertz CT molecular complexity index is 993. The van der Waals surface area contributed by atoms with Crippen molar-refractivity contribution in [3.05, 3.63) is 41.3 Å². The van der Waals surface area contributed by atoms with E-state index in [1.54, 1.807) is 17.9 Å². The number of fused-ring (bicyclic) bond motifs is 1. The molecule has 1 spiro atoms. The number of benzene rings is 1. The summed E-state index contributed by atoms with van der Waals surface area (Å²) in [6, 6.07) is 7.52. The average Bonchev–Trinajstić information content (AvgIpc) is 2.98. The molecule has 0 radical (unpaired) electrons. The van der Waals surface area contributed by atoms with E-state index in [2.05, 4.69) is 5.32 Å². The Morgan fingerprint density at radius 3 is 2.74 bits per heavy atom. The quantitative estimate of drug-likeness (QED) is 0.742. The highest BCUT2D eigenvalue weighted by molar-refractivity contribution is 7.94. The zero-order valence-corrected chi connectivity index (χ0v) is 18.6. The van der Waals surface area contributed by atoms with Gasteiger partial charge in [0.2, 0.25) is 11.8 Å². The van der Waals surface area contributed by atoms with Gasteiger partial charge in [-0.15, -0.1) is 0 Å². The van der Waals surface area contributed by atoms with Crippen molar-refractivity contribution in [1.82, 2.24) is 15.1 Å². The molecular formula is C22H29N3O5S. The number of carbonyl (C=O) groups is 2. The van der Waals surface area contributed by atoms with E-state index in [9.17, 15) is 18.0 Å². The van der Waals surface area contributed by atoms with Crippen LogP contribution in [-0.4, -0.2) is 73.6 Å². The molecule has 1 saturated heterocycles. The number of likely N-dealkylation sites (tertiary alicyclic amines) is 1. The number of hydrogen-bond donors (Lipinski definition) is 1. The first-order valence-corrected chi connectivity index (χ1v) is 12.4. The summed E-state index contributed by atoms with van der Waals surface area (Å²) in [7, 11) is -3.11. The fourth-order valence-corrected chi connectivity index (χ4v) is 5.85. The SMILES string of the molecule is CC(=O)N1Cc2ccccc2OC2(CCCN(C(=O)CCNC3C=CS(=O)(=O)C3)C2)C1. The van der Waals surface area contributed by atoms with E-state index < -0.39 is 15.4 Å². The molecule has 3 aliphatic rings. The highest BCUT2D eigenvalue weighted by Crippen LogP contribution is 2.34. The van der Waals surface area contributed by atoms with Crippen LogP contribution in [-0.2, 0) is 26.0 Å². The summed E-state index contributed by atoms with van der Waals surface area (Å²) in [5.41, 5.74) is 0.351. The van der Waals surface area contributed by atoms with Gasteiger partial charge in [-0.25, -0.2) is 8.42 Å². The van der Waals surface area contributed by atoms with Gasteiger partial charge >= 0.3 is 0 Å². The van der Waals surface area contributed by atoms with Gasteiger partial charge in [0, 0.05) is 50.0 Å². The van der Waals surface area contributed by atoms with Crippen LogP contribution in [0.4, 0.5) is 0 Å². The number of rotatable bonds is 4. The highest BCUT2D eigenvalue weighted by Gasteiger charge is 2.43. The fourth-order valence-electron chi connectivity index (χ4n) is 4.58. The molecule has 8 nitrogen and oxygen atoms in total. The second kappa shape index (κ2) is 8.63. The first kappa shape index (κ1) is 21.8. The van der Waals surface area contributed by atoms with Crippen LogP contribution >= 0.6 is 0 Å².